The van der Waals surface area contributed by atoms with Crippen LogP contribution < -0.4 is 5.14 Å². The number of fused-ring (bicyclic) bond motifs is 1. The number of sulfonamides is 1. The maximum absolute atomic E-state index is 11.5. The molecule has 0 saturated carbocycles. The smallest absolute Gasteiger partial charge is 0.238 e. The van der Waals surface area contributed by atoms with Gasteiger partial charge < -0.3 is 4.42 Å². The zero-order valence-corrected chi connectivity index (χ0v) is 15.8. The Morgan fingerprint density at radius 3 is 2.07 bits per heavy atom. The number of hydrogen-bond acceptors (Lipinski definition) is 4. The lowest BCUT2D eigenvalue weighted by Gasteiger charge is -2.12. The summed E-state index contributed by atoms with van der Waals surface area (Å²) < 4.78 is 30.0. The summed E-state index contributed by atoms with van der Waals surface area (Å²) in [4.78, 5) is 0.0481. The third-order valence-corrected chi connectivity index (χ3v) is 5.66. The summed E-state index contributed by atoms with van der Waals surface area (Å²) in [7, 11) is -3.76. The molecule has 0 atom stereocenters. The van der Waals surface area contributed by atoms with Gasteiger partial charge in [-0.1, -0.05) is 54.7 Å². The van der Waals surface area contributed by atoms with E-state index in [2.05, 4.69) is 0 Å². The zero-order valence-electron chi connectivity index (χ0n) is 14.1. The average Bonchev–Trinajstić information content (AvgIpc) is 2.68. The van der Waals surface area contributed by atoms with Crippen LogP contribution in [-0.2, 0) is 10.0 Å². The topological polar surface area (TPSA) is 73.3 Å². The lowest BCUT2D eigenvalue weighted by Crippen LogP contribution is -2.11. The second-order valence-corrected chi connectivity index (χ2v) is 8.04. The van der Waals surface area contributed by atoms with Crippen LogP contribution in [0.25, 0.3) is 33.4 Å². The van der Waals surface area contributed by atoms with Crippen LogP contribution in [0.15, 0.2) is 88.2 Å². The van der Waals surface area contributed by atoms with Crippen LogP contribution in [0.4, 0.5) is 0 Å². The Bertz CT molecular complexity index is 1290. The first kappa shape index (κ1) is 17.6. The van der Waals surface area contributed by atoms with Gasteiger partial charge in [0, 0.05) is 16.5 Å². The van der Waals surface area contributed by atoms with E-state index in [9.17, 15) is 8.42 Å². The molecule has 0 saturated heterocycles. The molecule has 0 bridgehead atoms. The van der Waals surface area contributed by atoms with E-state index in [0.29, 0.717) is 15.9 Å². The molecular weight excluding hydrogens is 378 g/mol. The summed E-state index contributed by atoms with van der Waals surface area (Å²) in [6, 6.07) is 23.6. The molecule has 0 aliphatic carbocycles. The van der Waals surface area contributed by atoms with Crippen molar-refractivity contribution in [2.24, 2.45) is 5.14 Å². The van der Waals surface area contributed by atoms with E-state index < -0.39 is 10.0 Å². The first-order valence-corrected chi connectivity index (χ1v) is 10.1. The standard InChI is InChI=1S/C21H15NO3S2/c22-27(23,24)16-12-10-15(11-13-16)20-19(14-6-2-1-3-7-14)21(26)17-8-4-5-9-18(17)25-20/h1-13H,(H2,22,23,24). The number of hydrogen-bond donors (Lipinski definition) is 1. The molecule has 2 N–H and O–H groups in total. The maximum atomic E-state index is 11.5. The van der Waals surface area contributed by atoms with Crippen molar-refractivity contribution in [3.8, 4) is 22.5 Å². The normalized spacial score (nSPS) is 11.6. The summed E-state index contributed by atoms with van der Waals surface area (Å²) >= 11 is 5.77. The van der Waals surface area contributed by atoms with E-state index in [-0.39, 0.29) is 4.90 Å². The fourth-order valence-electron chi connectivity index (χ4n) is 3.01. The summed E-state index contributed by atoms with van der Waals surface area (Å²) in [6.07, 6.45) is 0. The van der Waals surface area contributed by atoms with Crippen molar-refractivity contribution in [1.82, 2.24) is 0 Å². The van der Waals surface area contributed by atoms with Crippen LogP contribution in [0, 0.1) is 4.51 Å². The Hall–Kier alpha value is -2.80. The van der Waals surface area contributed by atoms with Crippen LogP contribution >= 0.6 is 12.2 Å². The summed E-state index contributed by atoms with van der Waals surface area (Å²) in [5, 5.41) is 6.05. The van der Waals surface area contributed by atoms with Gasteiger partial charge in [0.2, 0.25) is 10.0 Å². The fraction of sp³-hybridized carbons (Fsp3) is 0. The number of primary sulfonamides is 1. The molecule has 0 fully saturated rings. The minimum Gasteiger partial charge on any atom is -0.455 e. The lowest BCUT2D eigenvalue weighted by atomic mass is 9.99. The van der Waals surface area contributed by atoms with Gasteiger partial charge in [-0.2, -0.15) is 0 Å². The van der Waals surface area contributed by atoms with Gasteiger partial charge >= 0.3 is 0 Å². The highest BCUT2D eigenvalue weighted by Crippen LogP contribution is 2.37. The first-order valence-electron chi connectivity index (χ1n) is 8.19. The van der Waals surface area contributed by atoms with Crippen molar-refractivity contribution >= 4 is 33.2 Å². The van der Waals surface area contributed by atoms with Crippen LogP contribution in [0.2, 0.25) is 0 Å². The Labute approximate surface area is 161 Å². The zero-order chi connectivity index (χ0) is 19.0. The van der Waals surface area contributed by atoms with Crippen LogP contribution in [-0.4, -0.2) is 8.42 Å². The molecule has 0 radical (unpaired) electrons. The van der Waals surface area contributed by atoms with E-state index in [1.807, 2.05) is 54.6 Å². The molecule has 0 unspecified atom stereocenters. The van der Waals surface area contributed by atoms with Gasteiger partial charge in [0.05, 0.1) is 9.41 Å². The van der Waals surface area contributed by atoms with Crippen molar-refractivity contribution in [1.29, 1.82) is 0 Å². The van der Waals surface area contributed by atoms with Crippen molar-refractivity contribution in [2.75, 3.05) is 0 Å². The van der Waals surface area contributed by atoms with E-state index in [1.54, 1.807) is 12.1 Å². The third-order valence-electron chi connectivity index (χ3n) is 4.31. The monoisotopic (exact) mass is 393 g/mol. The number of benzene rings is 3. The molecule has 3 aromatic carbocycles. The summed E-state index contributed by atoms with van der Waals surface area (Å²) in [5.41, 5.74) is 3.13. The predicted molar refractivity (Wildman–Crippen MR) is 109 cm³/mol. The van der Waals surface area contributed by atoms with Gasteiger partial charge in [-0.05, 0) is 42.0 Å². The van der Waals surface area contributed by atoms with Crippen molar-refractivity contribution in [2.45, 2.75) is 4.90 Å². The average molecular weight is 393 g/mol. The maximum Gasteiger partial charge on any atom is 0.238 e. The van der Waals surface area contributed by atoms with Gasteiger partial charge in [-0.25, -0.2) is 13.6 Å². The van der Waals surface area contributed by atoms with Crippen molar-refractivity contribution < 1.29 is 12.8 Å². The highest BCUT2D eigenvalue weighted by atomic mass is 32.2. The Morgan fingerprint density at radius 1 is 0.778 bits per heavy atom. The molecule has 1 heterocycles. The lowest BCUT2D eigenvalue weighted by molar-refractivity contribution is 0.597. The molecule has 0 aliphatic heterocycles. The molecule has 0 aliphatic rings. The molecule has 0 spiro atoms. The summed E-state index contributed by atoms with van der Waals surface area (Å²) in [5.74, 6) is 0.589. The summed E-state index contributed by atoms with van der Waals surface area (Å²) in [6.45, 7) is 0. The molecule has 134 valence electrons. The van der Waals surface area contributed by atoms with E-state index >= 15 is 0 Å². The molecule has 6 heteroatoms. The van der Waals surface area contributed by atoms with Gasteiger partial charge in [0.25, 0.3) is 0 Å². The molecular formula is C21H15NO3S2. The van der Waals surface area contributed by atoms with Crippen LogP contribution in [0.5, 0.6) is 0 Å². The largest absolute Gasteiger partial charge is 0.455 e. The second kappa shape index (κ2) is 6.74. The molecule has 27 heavy (non-hydrogen) atoms. The van der Waals surface area contributed by atoms with E-state index in [0.717, 1.165) is 22.1 Å². The quantitative estimate of drug-likeness (QED) is 0.489. The molecule has 4 nitrogen and oxygen atoms in total. The second-order valence-electron chi connectivity index (χ2n) is 6.07. The molecule has 0 amide bonds. The van der Waals surface area contributed by atoms with E-state index in [4.69, 9.17) is 21.8 Å². The number of nitrogens with two attached hydrogens (primary N) is 1. The Balaban J connectivity index is 2.03. The van der Waals surface area contributed by atoms with Crippen LogP contribution in [0.3, 0.4) is 0 Å². The van der Waals surface area contributed by atoms with Gasteiger partial charge in [-0.15, -0.1) is 0 Å². The number of rotatable bonds is 3. The van der Waals surface area contributed by atoms with E-state index in [1.165, 1.54) is 12.1 Å². The minimum absolute atomic E-state index is 0.0481. The van der Waals surface area contributed by atoms with Crippen molar-refractivity contribution in [3.63, 3.8) is 0 Å². The van der Waals surface area contributed by atoms with Crippen molar-refractivity contribution in [3.05, 3.63) is 83.4 Å². The fourth-order valence-corrected chi connectivity index (χ4v) is 3.90. The van der Waals surface area contributed by atoms with Gasteiger partial charge in [0.15, 0.2) is 0 Å². The third kappa shape index (κ3) is 3.30. The molecule has 4 rings (SSSR count). The Morgan fingerprint density at radius 2 is 1.41 bits per heavy atom. The predicted octanol–water partition coefficient (Wildman–Crippen LogP) is 5.14. The SMILES string of the molecule is NS(=O)(=O)c1ccc(-c2oc3ccccc3c(=S)c2-c2ccccc2)cc1. The van der Waals surface area contributed by atoms with Gasteiger partial charge in [0.1, 0.15) is 11.3 Å². The highest BCUT2D eigenvalue weighted by molar-refractivity contribution is 7.89. The first-order chi connectivity index (χ1) is 12.9. The molecule has 4 aromatic rings. The number of para-hydroxylation sites is 1. The van der Waals surface area contributed by atoms with Crippen LogP contribution in [0.1, 0.15) is 0 Å². The van der Waals surface area contributed by atoms with Gasteiger partial charge in [-0.3, -0.25) is 0 Å². The molecule has 1 aromatic heterocycles. The highest BCUT2D eigenvalue weighted by Gasteiger charge is 2.16. The minimum atomic E-state index is -3.76. The Kier molecular flexibility index (Phi) is 4.39.